The summed E-state index contributed by atoms with van der Waals surface area (Å²) in [5.41, 5.74) is 0. The van der Waals surface area contributed by atoms with Gasteiger partial charge in [-0.3, -0.25) is 0 Å². The fraction of sp³-hybridized carbons (Fsp3) is 0.667. The molecule has 0 saturated carbocycles. The van der Waals surface area contributed by atoms with E-state index in [1.165, 1.54) is 71.4 Å². The molecule has 1 fully saturated rings. The number of isocyanates is 4. The minimum Gasteiger partial charge on any atom is -0.211 e. The van der Waals surface area contributed by atoms with Crippen LogP contribution in [0, 0.1) is 0 Å². The van der Waals surface area contributed by atoms with Gasteiger partial charge >= 0.3 is 0 Å². The number of hydrogen-bond acceptors (Lipinski definition) is 14. The molecule has 1 aliphatic rings. The first-order valence-electron chi connectivity index (χ1n) is 6.68. The van der Waals surface area contributed by atoms with Crippen LogP contribution in [0.15, 0.2) is 20.0 Å². The van der Waals surface area contributed by atoms with Gasteiger partial charge < -0.3 is 0 Å². The normalized spacial score (nSPS) is 24.3. The van der Waals surface area contributed by atoms with Gasteiger partial charge in [0, 0.05) is 0 Å². The number of rotatable bonds is 12. The molecule has 0 aromatic heterocycles. The molecular formula is C12H12N4O4S6. The number of thioether (sulfide) groups is 6. The Kier molecular flexibility index (Phi) is 14.2. The van der Waals surface area contributed by atoms with Crippen LogP contribution in [-0.2, 0) is 19.2 Å². The molecule has 140 valence electrons. The maximum Gasteiger partial charge on any atom is 0.235 e. The molecule has 1 saturated heterocycles. The quantitative estimate of drug-likeness (QED) is 0.312. The minimum atomic E-state index is 0.0769. The molecule has 4 atom stereocenters. The Balaban J connectivity index is 2.84. The van der Waals surface area contributed by atoms with Gasteiger partial charge in [0.2, 0.25) is 24.3 Å². The molecule has 0 amide bonds. The molecule has 8 nitrogen and oxygen atoms in total. The van der Waals surface area contributed by atoms with Crippen molar-refractivity contribution in [3.63, 3.8) is 0 Å². The van der Waals surface area contributed by atoms with Gasteiger partial charge in [0.15, 0.2) is 0 Å². The molecule has 0 aromatic carbocycles. The maximum atomic E-state index is 10.3. The number of hydrogen-bond donors (Lipinski definition) is 0. The van der Waals surface area contributed by atoms with Gasteiger partial charge in [-0.25, -0.2) is 19.2 Å². The van der Waals surface area contributed by atoms with Crippen LogP contribution in [0.1, 0.15) is 0 Å². The van der Waals surface area contributed by atoms with Crippen LogP contribution in [0.3, 0.4) is 0 Å². The first-order chi connectivity index (χ1) is 12.8. The van der Waals surface area contributed by atoms with Crippen LogP contribution in [0.5, 0.6) is 0 Å². The zero-order valence-corrected chi connectivity index (χ0v) is 17.9. The average molecular weight is 469 g/mol. The summed E-state index contributed by atoms with van der Waals surface area (Å²) >= 11 is 9.32. The standard InChI is InChI=1S/C12H12N4O4S6/c17-1-13-5-21-9-10(22-6-14-2-18)26-12(24-8-16-4-20)11(25-9)23-7-15-3-19/h9-12H,5-8H2. The molecule has 1 rings (SSSR count). The number of carbonyl (C=O) groups excluding carboxylic acids is 4. The van der Waals surface area contributed by atoms with Gasteiger partial charge in [0.25, 0.3) is 0 Å². The third-order valence-corrected chi connectivity index (χ3v) is 12.5. The van der Waals surface area contributed by atoms with Crippen LogP contribution in [0.2, 0.25) is 0 Å². The van der Waals surface area contributed by atoms with Crippen LogP contribution < -0.4 is 0 Å². The first kappa shape index (κ1) is 23.7. The van der Waals surface area contributed by atoms with Crippen molar-refractivity contribution >= 4 is 94.9 Å². The number of aliphatic imine (C=N–C) groups is 4. The highest BCUT2D eigenvalue weighted by Crippen LogP contribution is 2.55. The van der Waals surface area contributed by atoms with Crippen LogP contribution in [0.25, 0.3) is 0 Å². The zero-order valence-electron chi connectivity index (χ0n) is 13.0. The Morgan fingerprint density at radius 1 is 0.538 bits per heavy atom. The molecular weight excluding hydrogens is 457 g/mol. The second kappa shape index (κ2) is 15.7. The Morgan fingerprint density at radius 2 is 0.769 bits per heavy atom. The predicted octanol–water partition coefficient (Wildman–Crippen LogP) is 2.88. The number of nitrogens with zero attached hydrogens (tertiary/aromatic N) is 4. The van der Waals surface area contributed by atoms with E-state index in [4.69, 9.17) is 0 Å². The van der Waals surface area contributed by atoms with Gasteiger partial charge in [0.05, 0.1) is 41.8 Å². The van der Waals surface area contributed by atoms with E-state index in [0.29, 0.717) is 0 Å². The summed E-state index contributed by atoms with van der Waals surface area (Å²) in [5.74, 6) is 1.14. The summed E-state index contributed by atoms with van der Waals surface area (Å²) < 4.78 is 0.308. The van der Waals surface area contributed by atoms with Crippen LogP contribution in [0.4, 0.5) is 0 Å². The molecule has 1 heterocycles. The van der Waals surface area contributed by atoms with E-state index >= 15 is 0 Å². The van der Waals surface area contributed by atoms with Gasteiger partial charge in [-0.2, -0.15) is 20.0 Å². The van der Waals surface area contributed by atoms with Gasteiger partial charge in [-0.05, 0) is 0 Å². The molecule has 0 aliphatic carbocycles. The lowest BCUT2D eigenvalue weighted by Gasteiger charge is -2.38. The summed E-state index contributed by atoms with van der Waals surface area (Å²) in [6.45, 7) is 0. The SMILES string of the molecule is O=C=NCSC1SC(SCN=C=O)C(SCN=C=O)SC1SCN=C=O. The summed E-state index contributed by atoms with van der Waals surface area (Å²) in [5, 5.41) is 0. The van der Waals surface area contributed by atoms with Crippen molar-refractivity contribution in [1.82, 2.24) is 0 Å². The summed E-state index contributed by atoms with van der Waals surface area (Å²) in [4.78, 5) is 55.5. The molecule has 0 radical (unpaired) electrons. The van der Waals surface area contributed by atoms with Crippen LogP contribution >= 0.6 is 70.6 Å². The van der Waals surface area contributed by atoms with Gasteiger partial charge in [-0.15, -0.1) is 70.6 Å². The third kappa shape index (κ3) is 9.53. The Hall–Kier alpha value is -0.380. The zero-order chi connectivity index (χ0) is 19.0. The molecule has 0 aromatic rings. The molecule has 4 unspecified atom stereocenters. The fourth-order valence-electron chi connectivity index (χ4n) is 1.54. The van der Waals surface area contributed by atoms with E-state index in [0.717, 1.165) is 0 Å². The van der Waals surface area contributed by atoms with E-state index < -0.39 is 0 Å². The lowest BCUT2D eigenvalue weighted by molar-refractivity contribution is 0.563. The van der Waals surface area contributed by atoms with Crippen molar-refractivity contribution in [2.45, 2.75) is 18.3 Å². The highest BCUT2D eigenvalue weighted by molar-refractivity contribution is 8.33. The Bertz CT molecular complexity index is 523. The highest BCUT2D eigenvalue weighted by Gasteiger charge is 2.39. The van der Waals surface area contributed by atoms with Gasteiger partial charge in [0.1, 0.15) is 0 Å². The lowest BCUT2D eigenvalue weighted by atomic mass is 10.9. The molecule has 0 N–H and O–H groups in total. The molecule has 26 heavy (non-hydrogen) atoms. The van der Waals surface area contributed by atoms with Crippen molar-refractivity contribution < 1.29 is 19.2 Å². The maximum absolute atomic E-state index is 10.3. The van der Waals surface area contributed by atoms with E-state index in [-0.39, 0.29) is 41.8 Å². The van der Waals surface area contributed by atoms with Crippen LogP contribution in [-0.4, -0.2) is 66.2 Å². The average Bonchev–Trinajstić information content (AvgIpc) is 2.64. The Labute approximate surface area is 175 Å². The third-order valence-electron chi connectivity index (χ3n) is 2.45. The van der Waals surface area contributed by atoms with Gasteiger partial charge in [-0.1, -0.05) is 0 Å². The largest absolute Gasteiger partial charge is 0.235 e. The van der Waals surface area contributed by atoms with E-state index in [2.05, 4.69) is 20.0 Å². The molecule has 0 spiro atoms. The van der Waals surface area contributed by atoms with Crippen molar-refractivity contribution in [1.29, 1.82) is 0 Å². The second-order valence-electron chi connectivity index (χ2n) is 3.93. The van der Waals surface area contributed by atoms with Crippen molar-refractivity contribution in [2.75, 3.05) is 23.5 Å². The summed E-state index contributed by atoms with van der Waals surface area (Å²) in [6.07, 6.45) is 6.06. The smallest absolute Gasteiger partial charge is 0.211 e. The minimum absolute atomic E-state index is 0.0769. The summed E-state index contributed by atoms with van der Waals surface area (Å²) in [7, 11) is 0. The van der Waals surface area contributed by atoms with E-state index in [9.17, 15) is 19.2 Å². The topological polar surface area (TPSA) is 118 Å². The van der Waals surface area contributed by atoms with Crippen molar-refractivity contribution in [3.8, 4) is 0 Å². The fourth-order valence-corrected chi connectivity index (χ4v) is 11.6. The first-order valence-corrected chi connectivity index (χ1v) is 12.8. The van der Waals surface area contributed by atoms with E-state index in [1.807, 2.05) is 0 Å². The second-order valence-corrected chi connectivity index (χ2v) is 12.1. The highest BCUT2D eigenvalue weighted by atomic mass is 32.2. The molecule has 1 aliphatic heterocycles. The lowest BCUT2D eigenvalue weighted by Crippen LogP contribution is -2.31. The Morgan fingerprint density at radius 3 is 0.962 bits per heavy atom. The van der Waals surface area contributed by atoms with E-state index in [1.54, 1.807) is 23.5 Å². The monoisotopic (exact) mass is 468 g/mol. The molecule has 14 heteroatoms. The van der Waals surface area contributed by atoms with Crippen molar-refractivity contribution in [3.05, 3.63) is 0 Å². The molecule has 0 bridgehead atoms. The summed E-state index contributed by atoms with van der Waals surface area (Å²) in [6, 6.07) is 0. The predicted molar refractivity (Wildman–Crippen MR) is 113 cm³/mol. The van der Waals surface area contributed by atoms with Crippen molar-refractivity contribution in [2.24, 2.45) is 20.0 Å².